The molecule has 0 radical (unpaired) electrons. The number of benzene rings is 2. The van der Waals surface area contributed by atoms with E-state index < -0.39 is 0 Å². The summed E-state index contributed by atoms with van der Waals surface area (Å²) in [6, 6.07) is 14.3. The molecule has 0 atom stereocenters. The van der Waals surface area contributed by atoms with Crippen LogP contribution in [0.3, 0.4) is 0 Å². The van der Waals surface area contributed by atoms with E-state index in [4.69, 9.17) is 4.42 Å². The number of fused-ring (bicyclic) bond motifs is 1. The van der Waals surface area contributed by atoms with Crippen LogP contribution in [0.25, 0.3) is 11.0 Å². The van der Waals surface area contributed by atoms with Gasteiger partial charge in [-0.2, -0.15) is 0 Å². The minimum absolute atomic E-state index is 0.168. The number of hydrogen-bond donors (Lipinski definition) is 1. The molecule has 146 valence electrons. The molecule has 0 spiro atoms. The van der Waals surface area contributed by atoms with Gasteiger partial charge in [-0.1, -0.05) is 18.2 Å². The van der Waals surface area contributed by atoms with Gasteiger partial charge in [0.25, 0.3) is 5.91 Å². The molecule has 3 aromatic rings. The largest absolute Gasteiger partial charge is 0.451 e. The van der Waals surface area contributed by atoms with Crippen molar-refractivity contribution in [3.63, 3.8) is 0 Å². The van der Waals surface area contributed by atoms with Gasteiger partial charge < -0.3 is 14.6 Å². The Balaban J connectivity index is 1.26. The van der Waals surface area contributed by atoms with Crippen LogP contribution in [-0.2, 0) is 0 Å². The highest BCUT2D eigenvalue weighted by atomic mass is 19.1. The highest BCUT2D eigenvalue weighted by Gasteiger charge is 2.19. The van der Waals surface area contributed by atoms with Gasteiger partial charge in [0.1, 0.15) is 11.4 Å². The number of furan rings is 1. The van der Waals surface area contributed by atoms with E-state index in [1.807, 2.05) is 43.3 Å². The molecule has 6 heteroatoms. The minimum atomic E-state index is -0.210. The van der Waals surface area contributed by atoms with Crippen LogP contribution in [0, 0.1) is 12.7 Å². The number of halogens is 1. The second-order valence-corrected chi connectivity index (χ2v) is 7.11. The predicted octanol–water partition coefficient (Wildman–Crippen LogP) is 3.43. The monoisotopic (exact) mass is 381 g/mol. The molecule has 1 saturated heterocycles. The molecule has 1 N–H and O–H groups in total. The Morgan fingerprint density at radius 3 is 2.50 bits per heavy atom. The lowest BCUT2D eigenvalue weighted by Crippen LogP contribution is -2.48. The number of aryl methyl sites for hydroxylation is 1. The van der Waals surface area contributed by atoms with Gasteiger partial charge >= 0.3 is 0 Å². The van der Waals surface area contributed by atoms with E-state index in [9.17, 15) is 9.18 Å². The molecule has 0 saturated carbocycles. The van der Waals surface area contributed by atoms with E-state index in [1.165, 1.54) is 12.1 Å². The quantitative estimate of drug-likeness (QED) is 0.736. The number of para-hydroxylation sites is 1. The summed E-state index contributed by atoms with van der Waals surface area (Å²) in [4.78, 5) is 17.1. The lowest BCUT2D eigenvalue weighted by Gasteiger charge is -2.36. The van der Waals surface area contributed by atoms with E-state index >= 15 is 0 Å². The number of amides is 1. The molecular weight excluding hydrogens is 357 g/mol. The Morgan fingerprint density at radius 2 is 1.79 bits per heavy atom. The summed E-state index contributed by atoms with van der Waals surface area (Å²) >= 11 is 0. The van der Waals surface area contributed by atoms with Gasteiger partial charge in [0.15, 0.2) is 5.76 Å². The molecule has 0 bridgehead atoms. The molecular formula is C22H24FN3O2. The fourth-order valence-electron chi connectivity index (χ4n) is 3.68. The number of carbonyl (C=O) groups is 1. The number of nitrogens with one attached hydrogen (secondary N) is 1. The van der Waals surface area contributed by atoms with Crippen LogP contribution in [0.15, 0.2) is 52.9 Å². The topological polar surface area (TPSA) is 48.7 Å². The molecule has 1 amide bonds. The van der Waals surface area contributed by atoms with E-state index in [2.05, 4.69) is 15.1 Å². The molecule has 28 heavy (non-hydrogen) atoms. The van der Waals surface area contributed by atoms with Crippen molar-refractivity contribution < 1.29 is 13.6 Å². The van der Waals surface area contributed by atoms with E-state index in [-0.39, 0.29) is 11.7 Å². The highest BCUT2D eigenvalue weighted by molar-refractivity contribution is 5.98. The third-order valence-electron chi connectivity index (χ3n) is 5.33. The van der Waals surface area contributed by atoms with E-state index in [0.29, 0.717) is 12.3 Å². The number of hydrogen-bond acceptors (Lipinski definition) is 4. The molecule has 4 rings (SSSR count). The molecule has 1 fully saturated rings. The first-order chi connectivity index (χ1) is 13.6. The molecule has 1 aliphatic rings. The van der Waals surface area contributed by atoms with Gasteiger partial charge in [-0.05, 0) is 37.3 Å². The summed E-state index contributed by atoms with van der Waals surface area (Å²) in [6.45, 7) is 6.89. The van der Waals surface area contributed by atoms with Crippen molar-refractivity contribution in [3.05, 3.63) is 65.7 Å². The third-order valence-corrected chi connectivity index (χ3v) is 5.33. The smallest absolute Gasteiger partial charge is 0.287 e. The van der Waals surface area contributed by atoms with Crippen molar-refractivity contribution in [2.24, 2.45) is 0 Å². The summed E-state index contributed by atoms with van der Waals surface area (Å²) < 4.78 is 18.8. The molecule has 0 unspecified atom stereocenters. The first kappa shape index (κ1) is 18.5. The van der Waals surface area contributed by atoms with Crippen molar-refractivity contribution in [2.75, 3.05) is 44.2 Å². The third kappa shape index (κ3) is 3.87. The van der Waals surface area contributed by atoms with Crippen molar-refractivity contribution in [1.29, 1.82) is 0 Å². The number of rotatable bonds is 5. The van der Waals surface area contributed by atoms with Crippen molar-refractivity contribution in [1.82, 2.24) is 10.2 Å². The summed E-state index contributed by atoms with van der Waals surface area (Å²) in [5, 5.41) is 3.94. The molecule has 0 aliphatic carbocycles. The maximum atomic E-state index is 13.1. The molecule has 5 nitrogen and oxygen atoms in total. The predicted molar refractivity (Wildman–Crippen MR) is 108 cm³/mol. The van der Waals surface area contributed by atoms with Crippen molar-refractivity contribution in [2.45, 2.75) is 6.92 Å². The maximum absolute atomic E-state index is 13.1. The Morgan fingerprint density at radius 1 is 1.07 bits per heavy atom. The van der Waals surface area contributed by atoms with Gasteiger partial charge in [-0.15, -0.1) is 0 Å². The lowest BCUT2D eigenvalue weighted by atomic mass is 10.1. The number of piperazine rings is 1. The lowest BCUT2D eigenvalue weighted by molar-refractivity contribution is 0.0921. The van der Waals surface area contributed by atoms with Crippen LogP contribution in [0.4, 0.5) is 10.1 Å². The Labute approximate surface area is 163 Å². The number of anilines is 1. The average Bonchev–Trinajstić information content (AvgIpc) is 3.06. The van der Waals surface area contributed by atoms with Crippen LogP contribution in [0.2, 0.25) is 0 Å². The zero-order chi connectivity index (χ0) is 19.5. The molecule has 1 aliphatic heterocycles. The fraction of sp³-hybridized carbons (Fsp3) is 0.318. The van der Waals surface area contributed by atoms with Crippen LogP contribution in [0.1, 0.15) is 16.1 Å². The summed E-state index contributed by atoms with van der Waals surface area (Å²) in [6.07, 6.45) is 0. The molecule has 2 aromatic carbocycles. The Bertz CT molecular complexity index is 960. The zero-order valence-electron chi connectivity index (χ0n) is 16.0. The molecule has 2 heterocycles. The summed E-state index contributed by atoms with van der Waals surface area (Å²) in [5.41, 5.74) is 2.66. The highest BCUT2D eigenvalue weighted by Crippen LogP contribution is 2.24. The zero-order valence-corrected chi connectivity index (χ0v) is 16.0. The van der Waals surface area contributed by atoms with Gasteiger partial charge in [0.05, 0.1) is 0 Å². The normalized spacial score (nSPS) is 15.1. The van der Waals surface area contributed by atoms with Crippen molar-refractivity contribution in [3.8, 4) is 0 Å². The standard InChI is InChI=1S/C22H24FN3O2/c1-16-19-4-2-3-5-20(19)28-21(16)22(27)24-10-11-25-12-14-26(15-13-25)18-8-6-17(23)7-9-18/h2-9H,10-15H2,1H3,(H,24,27). The average molecular weight is 381 g/mol. The SMILES string of the molecule is Cc1c(C(=O)NCCN2CCN(c3ccc(F)cc3)CC2)oc2ccccc12. The summed E-state index contributed by atoms with van der Waals surface area (Å²) in [7, 11) is 0. The van der Waals surface area contributed by atoms with E-state index in [1.54, 1.807) is 0 Å². The van der Waals surface area contributed by atoms with Gasteiger partial charge in [-0.25, -0.2) is 4.39 Å². The fourth-order valence-corrected chi connectivity index (χ4v) is 3.68. The minimum Gasteiger partial charge on any atom is -0.451 e. The maximum Gasteiger partial charge on any atom is 0.287 e. The molecule has 1 aromatic heterocycles. The summed E-state index contributed by atoms with van der Waals surface area (Å²) in [5.74, 6) is 0.0128. The first-order valence-electron chi connectivity index (χ1n) is 9.61. The Kier molecular flexibility index (Phi) is 5.30. The second-order valence-electron chi connectivity index (χ2n) is 7.11. The van der Waals surface area contributed by atoms with Crippen LogP contribution in [0.5, 0.6) is 0 Å². The van der Waals surface area contributed by atoms with Gasteiger partial charge in [0.2, 0.25) is 0 Å². The second kappa shape index (κ2) is 8.02. The van der Waals surface area contributed by atoms with E-state index in [0.717, 1.165) is 54.9 Å². The van der Waals surface area contributed by atoms with Gasteiger partial charge in [-0.3, -0.25) is 9.69 Å². The first-order valence-corrected chi connectivity index (χ1v) is 9.61. The van der Waals surface area contributed by atoms with Crippen LogP contribution >= 0.6 is 0 Å². The number of nitrogens with zero attached hydrogens (tertiary/aromatic N) is 2. The number of carbonyl (C=O) groups excluding carboxylic acids is 1. The van der Waals surface area contributed by atoms with Gasteiger partial charge in [0, 0.05) is 55.9 Å². The van der Waals surface area contributed by atoms with Crippen LogP contribution < -0.4 is 10.2 Å². The Hall–Kier alpha value is -2.86. The van der Waals surface area contributed by atoms with Crippen LogP contribution in [-0.4, -0.2) is 50.1 Å². The van der Waals surface area contributed by atoms with Crippen molar-refractivity contribution >= 4 is 22.6 Å².